The zero-order chi connectivity index (χ0) is 34.1. The molecule has 12 heteroatoms. The van der Waals surface area contributed by atoms with Crippen molar-refractivity contribution in [3.63, 3.8) is 0 Å². The van der Waals surface area contributed by atoms with Crippen LogP contribution in [0.15, 0.2) is 23.0 Å². The van der Waals surface area contributed by atoms with E-state index in [2.05, 4.69) is 34.4 Å². The van der Waals surface area contributed by atoms with Crippen LogP contribution < -0.4 is 25.8 Å². The van der Waals surface area contributed by atoms with Crippen LogP contribution in [0.5, 0.6) is 5.75 Å². The predicted octanol–water partition coefficient (Wildman–Crippen LogP) is 5.01. The fraction of sp³-hybridized carbons (Fsp3) is 0.657. The zero-order valence-electron chi connectivity index (χ0n) is 28.5. The molecule has 0 bridgehead atoms. The summed E-state index contributed by atoms with van der Waals surface area (Å²) in [5.41, 5.74) is 3.61. The Balaban J connectivity index is 1.37. The number of carbonyl (C=O) groups is 1. The minimum atomic E-state index is -4.22. The lowest BCUT2D eigenvalue weighted by molar-refractivity contribution is -0.163. The smallest absolute Gasteiger partial charge is 0.401 e. The first-order valence-corrected chi connectivity index (χ1v) is 16.9. The summed E-state index contributed by atoms with van der Waals surface area (Å²) in [6.07, 6.45) is -1.27. The van der Waals surface area contributed by atoms with Crippen LogP contribution in [0.25, 0.3) is 0 Å². The number of amides is 1. The van der Waals surface area contributed by atoms with Crippen LogP contribution in [0.3, 0.4) is 0 Å². The summed E-state index contributed by atoms with van der Waals surface area (Å²) in [4.78, 5) is 32.8. The third kappa shape index (κ3) is 8.32. The van der Waals surface area contributed by atoms with Gasteiger partial charge in [-0.15, -0.1) is 0 Å². The Hall–Kier alpha value is -3.09. The summed E-state index contributed by atoms with van der Waals surface area (Å²) in [5.74, 6) is 0.609. The number of hydrogen-bond acceptors (Lipinski definition) is 7. The Morgan fingerprint density at radius 2 is 1.87 bits per heavy atom. The SMILES string of the molecule is CCN(c1cc(OC2CC(C3(C)CNCC(C)O3)C2)cc(C(=O)NCc2c(C)cc(C)[nH]c2=O)c1C)C1CCN(CC(F)(F)F)CC1. The number of aromatic amines is 1. The summed E-state index contributed by atoms with van der Waals surface area (Å²) in [6.45, 7) is 14.0. The van der Waals surface area contributed by atoms with Crippen LogP contribution in [0.1, 0.15) is 79.2 Å². The molecule has 0 spiro atoms. The molecule has 2 atom stereocenters. The van der Waals surface area contributed by atoms with Crippen molar-refractivity contribution >= 4 is 11.6 Å². The van der Waals surface area contributed by atoms with Crippen molar-refractivity contribution in [3.05, 3.63) is 56.5 Å². The summed E-state index contributed by atoms with van der Waals surface area (Å²) >= 11 is 0. The Kier molecular flexibility index (Phi) is 10.6. The van der Waals surface area contributed by atoms with E-state index < -0.39 is 12.7 Å². The van der Waals surface area contributed by atoms with Gasteiger partial charge in [-0.25, -0.2) is 0 Å². The van der Waals surface area contributed by atoms with E-state index in [1.165, 1.54) is 4.90 Å². The van der Waals surface area contributed by atoms with Gasteiger partial charge in [-0.05, 0) is 96.4 Å². The Morgan fingerprint density at radius 3 is 2.49 bits per heavy atom. The van der Waals surface area contributed by atoms with Crippen LogP contribution in [0, 0.1) is 26.7 Å². The molecule has 3 fully saturated rings. The van der Waals surface area contributed by atoms with Crippen LogP contribution >= 0.6 is 0 Å². The van der Waals surface area contributed by atoms with Gasteiger partial charge in [-0.1, -0.05) is 0 Å². The number of pyridine rings is 1. The minimum Gasteiger partial charge on any atom is -0.490 e. The molecule has 3 heterocycles. The van der Waals surface area contributed by atoms with Crippen molar-refractivity contribution in [2.24, 2.45) is 5.92 Å². The number of nitrogens with zero attached hydrogens (tertiary/aromatic N) is 2. The molecular formula is C35H50F3N5O4. The molecule has 9 nitrogen and oxygen atoms in total. The van der Waals surface area contributed by atoms with Gasteiger partial charge in [-0.3, -0.25) is 14.5 Å². The molecule has 5 rings (SSSR count). The molecule has 1 aliphatic carbocycles. The monoisotopic (exact) mass is 661 g/mol. The molecule has 2 aliphatic heterocycles. The molecule has 3 aliphatic rings. The lowest BCUT2D eigenvalue weighted by atomic mass is 9.71. The lowest BCUT2D eigenvalue weighted by Gasteiger charge is -2.49. The maximum Gasteiger partial charge on any atom is 0.401 e. The molecule has 47 heavy (non-hydrogen) atoms. The van der Waals surface area contributed by atoms with Crippen molar-refractivity contribution in [1.29, 1.82) is 0 Å². The molecular weight excluding hydrogens is 611 g/mol. The van der Waals surface area contributed by atoms with E-state index in [1.807, 2.05) is 39.8 Å². The average Bonchev–Trinajstić information content (AvgIpc) is 2.95. The number of benzene rings is 1. The Morgan fingerprint density at radius 1 is 1.17 bits per heavy atom. The number of aryl methyl sites for hydroxylation is 2. The van der Waals surface area contributed by atoms with E-state index >= 15 is 0 Å². The van der Waals surface area contributed by atoms with Crippen molar-refractivity contribution in [2.75, 3.05) is 44.2 Å². The molecule has 1 saturated carbocycles. The van der Waals surface area contributed by atoms with Gasteiger partial charge >= 0.3 is 6.18 Å². The number of ether oxygens (including phenoxy) is 2. The first kappa shape index (κ1) is 35.2. The molecule has 1 amide bonds. The van der Waals surface area contributed by atoms with E-state index in [-0.39, 0.29) is 41.9 Å². The number of aromatic nitrogens is 1. The van der Waals surface area contributed by atoms with Gasteiger partial charge in [-0.2, -0.15) is 13.2 Å². The maximum atomic E-state index is 13.8. The quantitative estimate of drug-likeness (QED) is 0.330. The highest BCUT2D eigenvalue weighted by Gasteiger charge is 2.47. The molecule has 260 valence electrons. The standard InChI is InChI=1S/C35H50F3N5O4/c1-7-43(26-8-10-42(11-9-26)20-35(36,37)38)31-16-28(46-27-13-25(14-27)34(6)19-39-17-23(4)47-34)15-29(24(31)5)32(44)40-18-30-21(2)12-22(3)41-33(30)45/h12,15-16,23,25-27,39H,7-11,13-14,17-20H2,1-6H3,(H,40,44)(H,41,45). The number of morpholine rings is 1. The molecule has 0 radical (unpaired) electrons. The van der Waals surface area contributed by atoms with Crippen LogP contribution in [-0.2, 0) is 11.3 Å². The number of H-pyrrole nitrogens is 1. The summed E-state index contributed by atoms with van der Waals surface area (Å²) in [6, 6.07) is 5.65. The van der Waals surface area contributed by atoms with Crippen molar-refractivity contribution < 1.29 is 27.4 Å². The number of likely N-dealkylation sites (tertiary alicyclic amines) is 1. The van der Waals surface area contributed by atoms with Gasteiger partial charge in [0.25, 0.3) is 11.5 Å². The Bertz CT molecular complexity index is 1480. The molecule has 3 N–H and O–H groups in total. The van der Waals surface area contributed by atoms with E-state index in [0.29, 0.717) is 55.3 Å². The van der Waals surface area contributed by atoms with E-state index in [0.717, 1.165) is 48.4 Å². The molecule has 2 saturated heterocycles. The fourth-order valence-corrected chi connectivity index (χ4v) is 7.57. The van der Waals surface area contributed by atoms with E-state index in [4.69, 9.17) is 9.47 Å². The second-order valence-electron chi connectivity index (χ2n) is 13.9. The number of hydrogen-bond donors (Lipinski definition) is 3. The molecule has 2 unspecified atom stereocenters. The summed E-state index contributed by atoms with van der Waals surface area (Å²) in [5, 5.41) is 6.42. The number of halogens is 3. The van der Waals surface area contributed by atoms with Gasteiger partial charge in [0, 0.05) is 73.9 Å². The highest BCUT2D eigenvalue weighted by molar-refractivity contribution is 5.97. The van der Waals surface area contributed by atoms with Crippen molar-refractivity contribution in [3.8, 4) is 5.75 Å². The number of nitrogens with one attached hydrogen (secondary N) is 3. The van der Waals surface area contributed by atoms with E-state index in [9.17, 15) is 22.8 Å². The number of alkyl halides is 3. The predicted molar refractivity (Wildman–Crippen MR) is 176 cm³/mol. The normalized spacial score (nSPS) is 25.7. The lowest BCUT2D eigenvalue weighted by Crippen LogP contribution is -2.59. The zero-order valence-corrected chi connectivity index (χ0v) is 28.5. The van der Waals surface area contributed by atoms with Crippen LogP contribution in [-0.4, -0.2) is 85.1 Å². The molecule has 2 aromatic rings. The van der Waals surface area contributed by atoms with Gasteiger partial charge < -0.3 is 30.0 Å². The third-order valence-electron chi connectivity index (χ3n) is 10.2. The largest absolute Gasteiger partial charge is 0.490 e. The maximum absolute atomic E-state index is 13.8. The number of anilines is 1. The Labute approximate surface area is 275 Å². The van der Waals surface area contributed by atoms with Crippen molar-refractivity contribution in [1.82, 2.24) is 20.5 Å². The van der Waals surface area contributed by atoms with Crippen LogP contribution in [0.4, 0.5) is 18.9 Å². The fourth-order valence-electron chi connectivity index (χ4n) is 7.57. The highest BCUT2D eigenvalue weighted by atomic mass is 19.4. The average molecular weight is 662 g/mol. The first-order valence-electron chi connectivity index (χ1n) is 16.9. The van der Waals surface area contributed by atoms with Gasteiger partial charge in [0.2, 0.25) is 0 Å². The summed E-state index contributed by atoms with van der Waals surface area (Å²) in [7, 11) is 0. The number of carbonyl (C=O) groups excluding carboxylic acids is 1. The van der Waals surface area contributed by atoms with Crippen molar-refractivity contribution in [2.45, 2.75) is 104 Å². The summed E-state index contributed by atoms with van der Waals surface area (Å²) < 4.78 is 52.0. The van der Waals surface area contributed by atoms with E-state index in [1.54, 1.807) is 6.07 Å². The third-order valence-corrected chi connectivity index (χ3v) is 10.2. The second-order valence-corrected chi connectivity index (χ2v) is 13.9. The van der Waals surface area contributed by atoms with Gasteiger partial charge in [0.1, 0.15) is 5.75 Å². The topological polar surface area (TPSA) is 98.9 Å². The number of piperidine rings is 1. The number of rotatable bonds is 10. The second kappa shape index (κ2) is 14.2. The van der Waals surface area contributed by atoms with Gasteiger partial charge in [0.05, 0.1) is 24.4 Å². The molecule has 1 aromatic heterocycles. The first-order chi connectivity index (χ1) is 22.2. The van der Waals surface area contributed by atoms with Gasteiger partial charge in [0.15, 0.2) is 0 Å². The highest BCUT2D eigenvalue weighted by Crippen LogP contribution is 2.43. The molecule has 1 aromatic carbocycles. The minimum absolute atomic E-state index is 0.0223. The van der Waals surface area contributed by atoms with Crippen LogP contribution in [0.2, 0.25) is 0 Å².